The summed E-state index contributed by atoms with van der Waals surface area (Å²) in [7, 11) is 0. The average molecular weight is 291 g/mol. The number of carboxylic acid groups (broad SMARTS) is 1. The summed E-state index contributed by atoms with van der Waals surface area (Å²) >= 11 is 0. The van der Waals surface area contributed by atoms with Crippen LogP contribution in [0.3, 0.4) is 0 Å². The first-order valence-electron chi connectivity index (χ1n) is 7.32. The van der Waals surface area contributed by atoms with E-state index in [1.54, 1.807) is 0 Å². The van der Waals surface area contributed by atoms with E-state index in [-0.39, 0.29) is 5.54 Å². The molecule has 4 aliphatic carbocycles. The number of hydrogen-bond acceptors (Lipinski definition) is 2. The molecule has 2 N–H and O–H groups in total. The van der Waals surface area contributed by atoms with E-state index in [2.05, 4.69) is 5.32 Å². The fraction of sp³-hybridized carbons (Fsp3) is 0.929. The molecule has 114 valence electrons. The second-order valence-electron chi connectivity index (χ2n) is 7.01. The minimum atomic E-state index is -4.68. The summed E-state index contributed by atoms with van der Waals surface area (Å²) in [6.45, 7) is -0.495. The molecule has 0 aliphatic heterocycles. The van der Waals surface area contributed by atoms with Crippen LogP contribution in [0.2, 0.25) is 0 Å². The molecule has 4 saturated carbocycles. The van der Waals surface area contributed by atoms with E-state index in [0.717, 1.165) is 19.3 Å². The van der Waals surface area contributed by atoms with Crippen molar-refractivity contribution in [3.05, 3.63) is 0 Å². The number of rotatable bonds is 4. The lowest BCUT2D eigenvalue weighted by Gasteiger charge is -2.57. The van der Waals surface area contributed by atoms with Crippen LogP contribution < -0.4 is 5.32 Å². The van der Waals surface area contributed by atoms with Gasteiger partial charge >= 0.3 is 12.1 Å². The highest BCUT2D eigenvalue weighted by atomic mass is 19.4. The normalized spacial score (nSPS) is 40.9. The van der Waals surface area contributed by atoms with Gasteiger partial charge in [0.1, 0.15) is 0 Å². The van der Waals surface area contributed by atoms with Crippen molar-refractivity contribution in [2.75, 3.05) is 6.54 Å². The topological polar surface area (TPSA) is 49.3 Å². The van der Waals surface area contributed by atoms with Crippen molar-refractivity contribution in [1.82, 2.24) is 5.32 Å². The van der Waals surface area contributed by atoms with Gasteiger partial charge in [0.15, 0.2) is 5.92 Å². The minimum absolute atomic E-state index is 0.228. The summed E-state index contributed by atoms with van der Waals surface area (Å²) < 4.78 is 38.1. The Bertz CT molecular complexity index is 372. The van der Waals surface area contributed by atoms with Gasteiger partial charge in [-0.25, -0.2) is 0 Å². The van der Waals surface area contributed by atoms with Crippen LogP contribution in [-0.4, -0.2) is 29.3 Å². The Balaban J connectivity index is 1.67. The van der Waals surface area contributed by atoms with Crippen molar-refractivity contribution in [3.8, 4) is 0 Å². The molecule has 1 unspecified atom stereocenters. The van der Waals surface area contributed by atoms with E-state index in [0.29, 0.717) is 17.8 Å². The van der Waals surface area contributed by atoms with Crippen LogP contribution in [0, 0.1) is 23.7 Å². The van der Waals surface area contributed by atoms with Crippen molar-refractivity contribution in [2.45, 2.75) is 50.2 Å². The van der Waals surface area contributed by atoms with Gasteiger partial charge in [-0.2, -0.15) is 13.2 Å². The molecular weight excluding hydrogens is 271 g/mol. The van der Waals surface area contributed by atoms with Gasteiger partial charge in [-0.1, -0.05) is 0 Å². The van der Waals surface area contributed by atoms with Crippen molar-refractivity contribution in [1.29, 1.82) is 0 Å². The number of alkyl halides is 3. The zero-order valence-electron chi connectivity index (χ0n) is 11.2. The molecule has 1 atom stereocenters. The molecule has 4 bridgehead atoms. The second-order valence-corrected chi connectivity index (χ2v) is 7.01. The van der Waals surface area contributed by atoms with Gasteiger partial charge in [0.05, 0.1) is 0 Å². The van der Waals surface area contributed by atoms with E-state index in [1.807, 2.05) is 0 Å². The zero-order valence-corrected chi connectivity index (χ0v) is 11.2. The molecule has 0 radical (unpaired) electrons. The van der Waals surface area contributed by atoms with Gasteiger partial charge in [0.25, 0.3) is 0 Å². The van der Waals surface area contributed by atoms with Crippen LogP contribution in [0.4, 0.5) is 13.2 Å². The predicted molar refractivity (Wildman–Crippen MR) is 66.1 cm³/mol. The molecule has 4 rings (SSSR count). The summed E-state index contributed by atoms with van der Waals surface area (Å²) in [5.41, 5.74) is -0.228. The van der Waals surface area contributed by atoms with Crippen LogP contribution in [0.25, 0.3) is 0 Å². The summed E-state index contributed by atoms with van der Waals surface area (Å²) in [6.07, 6.45) is 1.71. The average Bonchev–Trinajstić information content (AvgIpc) is 2.23. The van der Waals surface area contributed by atoms with Crippen LogP contribution in [0.15, 0.2) is 0 Å². The van der Waals surface area contributed by atoms with Gasteiger partial charge in [-0.3, -0.25) is 4.79 Å². The lowest BCUT2D eigenvalue weighted by Crippen LogP contribution is -2.60. The third kappa shape index (κ3) is 2.54. The van der Waals surface area contributed by atoms with Gasteiger partial charge < -0.3 is 10.4 Å². The maximum absolute atomic E-state index is 12.7. The maximum atomic E-state index is 12.7. The van der Waals surface area contributed by atoms with Crippen LogP contribution in [0.1, 0.15) is 38.5 Å². The third-order valence-electron chi connectivity index (χ3n) is 5.41. The van der Waals surface area contributed by atoms with E-state index in [9.17, 15) is 18.0 Å². The van der Waals surface area contributed by atoms with Crippen LogP contribution in [-0.2, 0) is 4.79 Å². The quantitative estimate of drug-likeness (QED) is 0.837. The Morgan fingerprint density at radius 3 is 1.95 bits per heavy atom. The lowest BCUT2D eigenvalue weighted by atomic mass is 9.53. The lowest BCUT2D eigenvalue weighted by molar-refractivity contribution is -0.193. The van der Waals surface area contributed by atoms with E-state index < -0.39 is 24.6 Å². The van der Waals surface area contributed by atoms with Gasteiger partial charge in [-0.15, -0.1) is 0 Å². The SMILES string of the molecule is O=C(O)C(CNC12CC3CC(CC(C3)C1)C2)C(F)(F)F. The predicted octanol–water partition coefficient (Wildman–Crippen LogP) is 2.81. The maximum Gasteiger partial charge on any atom is 0.403 e. The fourth-order valence-electron chi connectivity index (χ4n) is 4.99. The molecule has 0 heterocycles. The molecule has 3 nitrogen and oxygen atoms in total. The molecule has 0 aromatic rings. The molecule has 4 fully saturated rings. The van der Waals surface area contributed by atoms with E-state index >= 15 is 0 Å². The Hall–Kier alpha value is -0.780. The van der Waals surface area contributed by atoms with Gasteiger partial charge in [0.2, 0.25) is 0 Å². The van der Waals surface area contributed by atoms with Gasteiger partial charge in [-0.05, 0) is 56.3 Å². The van der Waals surface area contributed by atoms with Crippen molar-refractivity contribution < 1.29 is 23.1 Å². The van der Waals surface area contributed by atoms with Crippen LogP contribution in [0.5, 0.6) is 0 Å². The standard InChI is InChI=1S/C14H20F3NO2/c15-14(16,17)11(12(19)20)7-18-13-4-8-1-9(5-13)3-10(2-8)6-13/h8-11,18H,1-7H2,(H,19,20). The Morgan fingerprint density at radius 2 is 1.60 bits per heavy atom. The molecular formula is C14H20F3NO2. The molecule has 0 saturated heterocycles. The van der Waals surface area contributed by atoms with Crippen molar-refractivity contribution in [2.24, 2.45) is 23.7 Å². The number of halogens is 3. The van der Waals surface area contributed by atoms with Gasteiger partial charge in [0, 0.05) is 12.1 Å². The largest absolute Gasteiger partial charge is 0.481 e. The molecule has 0 aromatic carbocycles. The third-order valence-corrected chi connectivity index (χ3v) is 5.41. The number of hydrogen-bond donors (Lipinski definition) is 2. The highest BCUT2D eigenvalue weighted by Gasteiger charge is 2.52. The zero-order chi connectivity index (χ0) is 14.5. The fourth-order valence-corrected chi connectivity index (χ4v) is 4.99. The summed E-state index contributed by atoms with van der Waals surface area (Å²) in [5.74, 6) is -2.20. The number of nitrogens with one attached hydrogen (secondary N) is 1. The highest BCUT2D eigenvalue weighted by molar-refractivity contribution is 5.71. The Morgan fingerprint density at radius 1 is 1.15 bits per heavy atom. The van der Waals surface area contributed by atoms with Crippen LogP contribution >= 0.6 is 0 Å². The van der Waals surface area contributed by atoms with Crippen molar-refractivity contribution in [3.63, 3.8) is 0 Å². The summed E-state index contributed by atoms with van der Waals surface area (Å²) in [4.78, 5) is 10.8. The molecule has 0 amide bonds. The highest BCUT2D eigenvalue weighted by Crippen LogP contribution is 2.55. The molecule has 4 aliphatic rings. The molecule has 0 spiro atoms. The monoisotopic (exact) mass is 291 g/mol. The Kier molecular flexibility index (Phi) is 3.27. The second kappa shape index (κ2) is 4.61. The van der Waals surface area contributed by atoms with E-state index in [4.69, 9.17) is 5.11 Å². The number of aliphatic carboxylic acids is 1. The van der Waals surface area contributed by atoms with E-state index in [1.165, 1.54) is 19.3 Å². The minimum Gasteiger partial charge on any atom is -0.481 e. The number of carbonyl (C=O) groups is 1. The summed E-state index contributed by atoms with van der Waals surface area (Å²) in [5, 5.41) is 11.8. The first-order valence-corrected chi connectivity index (χ1v) is 7.32. The molecule has 20 heavy (non-hydrogen) atoms. The summed E-state index contributed by atoms with van der Waals surface area (Å²) in [6, 6.07) is 0. The molecule has 0 aromatic heterocycles. The molecule has 6 heteroatoms. The smallest absolute Gasteiger partial charge is 0.403 e. The first-order chi connectivity index (χ1) is 9.27. The Labute approximate surface area is 115 Å². The first kappa shape index (κ1) is 14.2. The number of carboxylic acids is 1. The van der Waals surface area contributed by atoms with Crippen molar-refractivity contribution >= 4 is 5.97 Å².